The second-order valence-electron chi connectivity index (χ2n) is 5.89. The molecule has 0 aromatic heterocycles. The fourth-order valence-corrected chi connectivity index (χ4v) is 3.23. The van der Waals surface area contributed by atoms with Gasteiger partial charge in [0.2, 0.25) is 5.91 Å². The zero-order chi connectivity index (χ0) is 15.7. The molecule has 22 heavy (non-hydrogen) atoms. The summed E-state index contributed by atoms with van der Waals surface area (Å²) in [6.45, 7) is 0.632. The molecule has 1 heterocycles. The molecule has 1 saturated heterocycles. The molecule has 2 fully saturated rings. The first kappa shape index (κ1) is 15.0. The van der Waals surface area contributed by atoms with Gasteiger partial charge >= 0.3 is 5.97 Å². The number of carboxylic acid groups (broad SMARTS) is 1. The molecule has 0 radical (unpaired) electrons. The quantitative estimate of drug-likeness (QED) is 0.920. The minimum Gasteiger partial charge on any atom is -0.479 e. The highest BCUT2D eigenvalue weighted by atomic mass is 19.1. The van der Waals surface area contributed by atoms with Crippen molar-refractivity contribution >= 4 is 11.9 Å². The molecule has 0 spiro atoms. The Kier molecular flexibility index (Phi) is 3.87. The van der Waals surface area contributed by atoms with Gasteiger partial charge in [0.15, 0.2) is 6.10 Å². The van der Waals surface area contributed by atoms with Crippen LogP contribution in [0.3, 0.4) is 0 Å². The summed E-state index contributed by atoms with van der Waals surface area (Å²) in [5, 5.41) is 9.05. The maximum absolute atomic E-state index is 13.5. The van der Waals surface area contributed by atoms with Crippen LogP contribution < -0.4 is 0 Å². The van der Waals surface area contributed by atoms with Crippen molar-refractivity contribution in [2.45, 2.75) is 30.8 Å². The summed E-state index contributed by atoms with van der Waals surface area (Å²) >= 11 is 0. The van der Waals surface area contributed by atoms with E-state index in [0.717, 1.165) is 6.42 Å². The Morgan fingerprint density at radius 3 is 2.73 bits per heavy atom. The number of carbonyl (C=O) groups is 2. The molecule has 5 nitrogen and oxygen atoms in total. The number of hydrogen-bond acceptors (Lipinski definition) is 3. The summed E-state index contributed by atoms with van der Waals surface area (Å²) in [7, 11) is 0. The Hall–Kier alpha value is -1.95. The normalized spacial score (nSPS) is 23.7. The van der Waals surface area contributed by atoms with E-state index in [0.29, 0.717) is 24.9 Å². The summed E-state index contributed by atoms with van der Waals surface area (Å²) < 4.78 is 18.7. The maximum atomic E-state index is 13.5. The van der Waals surface area contributed by atoms with Crippen LogP contribution in [-0.2, 0) is 19.7 Å². The molecule has 6 heteroatoms. The average Bonchev–Trinajstić information content (AvgIpc) is 2.46. The lowest BCUT2D eigenvalue weighted by Crippen LogP contribution is -2.56. The van der Waals surface area contributed by atoms with E-state index in [-0.39, 0.29) is 24.9 Å². The highest BCUT2D eigenvalue weighted by Crippen LogP contribution is 2.45. The number of rotatable bonds is 3. The molecule has 1 saturated carbocycles. The molecule has 0 bridgehead atoms. The predicted octanol–water partition coefficient (Wildman–Crippen LogP) is 1.56. The third-order valence-electron chi connectivity index (χ3n) is 4.62. The predicted molar refractivity (Wildman–Crippen MR) is 75.9 cm³/mol. The molecular weight excluding hydrogens is 289 g/mol. The van der Waals surface area contributed by atoms with Crippen molar-refractivity contribution in [2.75, 3.05) is 19.7 Å². The molecule has 1 atom stereocenters. The lowest BCUT2D eigenvalue weighted by molar-refractivity contribution is -0.162. The van der Waals surface area contributed by atoms with Crippen molar-refractivity contribution < 1.29 is 23.8 Å². The summed E-state index contributed by atoms with van der Waals surface area (Å²) in [6, 6.07) is 6.15. The van der Waals surface area contributed by atoms with Gasteiger partial charge in [-0.05, 0) is 30.5 Å². The first-order valence-electron chi connectivity index (χ1n) is 7.43. The molecule has 0 unspecified atom stereocenters. The largest absolute Gasteiger partial charge is 0.479 e. The topological polar surface area (TPSA) is 66.8 Å². The van der Waals surface area contributed by atoms with Crippen LogP contribution >= 0.6 is 0 Å². The van der Waals surface area contributed by atoms with E-state index in [4.69, 9.17) is 9.84 Å². The van der Waals surface area contributed by atoms with Crippen LogP contribution in [0.1, 0.15) is 24.8 Å². The van der Waals surface area contributed by atoms with Gasteiger partial charge in [0.05, 0.1) is 18.6 Å². The van der Waals surface area contributed by atoms with Crippen LogP contribution in [0.2, 0.25) is 0 Å². The first-order valence-corrected chi connectivity index (χ1v) is 7.43. The number of amides is 1. The zero-order valence-electron chi connectivity index (χ0n) is 12.1. The smallest absolute Gasteiger partial charge is 0.334 e. The van der Waals surface area contributed by atoms with Crippen LogP contribution in [0, 0.1) is 5.82 Å². The van der Waals surface area contributed by atoms with Gasteiger partial charge in [0.25, 0.3) is 0 Å². The van der Waals surface area contributed by atoms with Crippen LogP contribution in [0.5, 0.6) is 0 Å². The Morgan fingerprint density at radius 2 is 2.14 bits per heavy atom. The van der Waals surface area contributed by atoms with Gasteiger partial charge in [-0.2, -0.15) is 0 Å². The van der Waals surface area contributed by atoms with E-state index >= 15 is 0 Å². The fraction of sp³-hybridized carbons (Fsp3) is 0.500. The van der Waals surface area contributed by atoms with Crippen molar-refractivity contribution in [1.29, 1.82) is 0 Å². The third-order valence-corrected chi connectivity index (χ3v) is 4.62. The first-order chi connectivity index (χ1) is 10.5. The Bertz CT molecular complexity index is 600. The lowest BCUT2D eigenvalue weighted by atomic mass is 9.63. The third kappa shape index (κ3) is 2.47. The van der Waals surface area contributed by atoms with Gasteiger partial charge in [-0.15, -0.1) is 0 Å². The van der Waals surface area contributed by atoms with Crippen molar-refractivity contribution in [3.8, 4) is 0 Å². The average molecular weight is 307 g/mol. The fourth-order valence-electron chi connectivity index (χ4n) is 3.23. The summed E-state index contributed by atoms with van der Waals surface area (Å²) in [6.07, 6.45) is 1.27. The van der Waals surface area contributed by atoms with Crippen LogP contribution in [0.15, 0.2) is 24.3 Å². The van der Waals surface area contributed by atoms with E-state index in [1.54, 1.807) is 17.0 Å². The molecule has 2 aliphatic rings. The summed E-state index contributed by atoms with van der Waals surface area (Å²) in [4.78, 5) is 25.5. The van der Waals surface area contributed by atoms with Crippen LogP contribution in [0.4, 0.5) is 4.39 Å². The zero-order valence-corrected chi connectivity index (χ0v) is 12.1. The number of hydrogen-bond donors (Lipinski definition) is 1. The van der Waals surface area contributed by atoms with E-state index in [1.165, 1.54) is 12.1 Å². The van der Waals surface area contributed by atoms with Crippen molar-refractivity contribution in [2.24, 2.45) is 0 Å². The van der Waals surface area contributed by atoms with Gasteiger partial charge < -0.3 is 14.7 Å². The SMILES string of the molecule is O=C(O)[C@@H]1CN(C(=O)C2(c3cccc(F)c3)CCC2)CCO1. The van der Waals surface area contributed by atoms with Gasteiger partial charge in [0.1, 0.15) is 5.82 Å². The van der Waals surface area contributed by atoms with Crippen LogP contribution in [-0.4, -0.2) is 47.7 Å². The second kappa shape index (κ2) is 5.68. The van der Waals surface area contributed by atoms with E-state index in [2.05, 4.69) is 0 Å². The minimum absolute atomic E-state index is 0.0469. The van der Waals surface area contributed by atoms with Gasteiger partial charge in [0, 0.05) is 6.54 Å². The molecule has 1 aromatic rings. The van der Waals surface area contributed by atoms with Gasteiger partial charge in [-0.25, -0.2) is 9.18 Å². The second-order valence-corrected chi connectivity index (χ2v) is 5.89. The number of halogens is 1. The van der Waals surface area contributed by atoms with Crippen molar-refractivity contribution in [3.63, 3.8) is 0 Å². The maximum Gasteiger partial charge on any atom is 0.334 e. The molecule has 1 aromatic carbocycles. The highest BCUT2D eigenvalue weighted by molar-refractivity contribution is 5.90. The number of ether oxygens (including phenoxy) is 1. The molecule has 1 aliphatic carbocycles. The highest BCUT2D eigenvalue weighted by Gasteiger charge is 2.48. The van der Waals surface area contributed by atoms with E-state index in [1.807, 2.05) is 0 Å². The molecule has 1 N–H and O–H groups in total. The molecule has 1 amide bonds. The van der Waals surface area contributed by atoms with Gasteiger partial charge in [-0.3, -0.25) is 4.79 Å². The Morgan fingerprint density at radius 1 is 1.36 bits per heavy atom. The van der Waals surface area contributed by atoms with Gasteiger partial charge in [-0.1, -0.05) is 18.6 Å². The molecule has 1 aliphatic heterocycles. The van der Waals surface area contributed by atoms with Crippen molar-refractivity contribution in [1.82, 2.24) is 4.90 Å². The monoisotopic (exact) mass is 307 g/mol. The molecule has 3 rings (SSSR count). The molecule has 118 valence electrons. The summed E-state index contributed by atoms with van der Waals surface area (Å²) in [5.41, 5.74) is -0.0233. The van der Waals surface area contributed by atoms with E-state index in [9.17, 15) is 14.0 Å². The van der Waals surface area contributed by atoms with Crippen LogP contribution in [0.25, 0.3) is 0 Å². The number of carbonyl (C=O) groups excluding carboxylic acids is 1. The van der Waals surface area contributed by atoms with E-state index < -0.39 is 17.5 Å². The number of morpholine rings is 1. The van der Waals surface area contributed by atoms with Crippen molar-refractivity contribution in [3.05, 3.63) is 35.6 Å². The number of nitrogens with zero attached hydrogens (tertiary/aromatic N) is 1. The molecular formula is C16H18FNO4. The number of carboxylic acids is 1. The number of aliphatic carboxylic acids is 1. The Labute approximate surface area is 127 Å². The summed E-state index contributed by atoms with van der Waals surface area (Å²) in [5.74, 6) is -1.54. The minimum atomic E-state index is -1.06. The number of benzene rings is 1. The standard InChI is InChI=1S/C16H18FNO4/c17-12-4-1-3-11(9-12)16(5-2-6-16)15(21)18-7-8-22-13(10-18)14(19)20/h1,3-4,9,13H,2,5-8,10H2,(H,19,20)/t13-/m0/s1. The Balaban J connectivity index is 1.84. The lowest BCUT2D eigenvalue weighted by Gasteiger charge is -2.45.